The van der Waals surface area contributed by atoms with E-state index >= 15 is 0 Å². The van der Waals surface area contributed by atoms with Gasteiger partial charge in [0.1, 0.15) is 0 Å². The number of hydrogen-bond acceptors (Lipinski definition) is 4. The van der Waals surface area contributed by atoms with Gasteiger partial charge in [0, 0.05) is 7.11 Å². The summed E-state index contributed by atoms with van der Waals surface area (Å²) in [7, 11) is 1.50. The molecular weight excluding hydrogens is 172 g/mol. The summed E-state index contributed by atoms with van der Waals surface area (Å²) < 4.78 is 4.79. The lowest BCUT2D eigenvalue weighted by atomic mass is 10.1. The zero-order valence-corrected chi connectivity index (χ0v) is 8.33. The van der Waals surface area contributed by atoms with E-state index in [1.807, 2.05) is 0 Å². The van der Waals surface area contributed by atoms with Crippen molar-refractivity contribution in [2.75, 3.05) is 20.3 Å². The molecule has 0 aromatic heterocycles. The van der Waals surface area contributed by atoms with Gasteiger partial charge in [-0.1, -0.05) is 0 Å². The molecule has 0 aliphatic rings. The highest BCUT2D eigenvalue weighted by atomic mass is 16.5. The molecule has 0 aromatic carbocycles. The predicted octanol–water partition coefficient (Wildman–Crippen LogP) is -1.15. The Kier molecular flexibility index (Phi) is 4.90. The second-order valence-corrected chi connectivity index (χ2v) is 3.53. The molecule has 0 aromatic rings. The van der Waals surface area contributed by atoms with Crippen molar-refractivity contribution >= 4 is 5.91 Å². The van der Waals surface area contributed by atoms with Gasteiger partial charge < -0.3 is 20.9 Å². The molecule has 78 valence electrons. The first-order valence-electron chi connectivity index (χ1n) is 4.11. The largest absolute Gasteiger partial charge is 0.394 e. The summed E-state index contributed by atoms with van der Waals surface area (Å²) in [5.41, 5.74) is 4.61. The van der Waals surface area contributed by atoms with Crippen LogP contribution >= 0.6 is 0 Å². The zero-order valence-electron chi connectivity index (χ0n) is 8.33. The molecule has 0 aliphatic carbocycles. The van der Waals surface area contributed by atoms with E-state index in [2.05, 4.69) is 5.32 Å². The third-order valence-corrected chi connectivity index (χ3v) is 1.51. The minimum Gasteiger partial charge on any atom is -0.394 e. The second-order valence-electron chi connectivity index (χ2n) is 3.53. The van der Waals surface area contributed by atoms with Crippen LogP contribution in [0.1, 0.15) is 13.8 Å². The lowest BCUT2D eigenvalue weighted by molar-refractivity contribution is -0.126. The summed E-state index contributed by atoms with van der Waals surface area (Å²) in [5, 5.41) is 11.4. The molecule has 0 spiro atoms. The highest BCUT2D eigenvalue weighted by Gasteiger charge is 2.24. The van der Waals surface area contributed by atoms with Crippen LogP contribution in [0.25, 0.3) is 0 Å². The molecule has 1 atom stereocenters. The molecule has 13 heavy (non-hydrogen) atoms. The van der Waals surface area contributed by atoms with Crippen LogP contribution in [-0.2, 0) is 9.53 Å². The number of amides is 1. The third-order valence-electron chi connectivity index (χ3n) is 1.51. The van der Waals surface area contributed by atoms with Gasteiger partial charge in [-0.05, 0) is 13.8 Å². The van der Waals surface area contributed by atoms with Crippen molar-refractivity contribution < 1.29 is 14.6 Å². The Balaban J connectivity index is 4.01. The lowest BCUT2D eigenvalue weighted by Gasteiger charge is -2.22. The van der Waals surface area contributed by atoms with Gasteiger partial charge in [0.25, 0.3) is 0 Å². The number of carbonyl (C=O) groups is 1. The van der Waals surface area contributed by atoms with Gasteiger partial charge in [-0.25, -0.2) is 0 Å². The molecule has 5 heteroatoms. The van der Waals surface area contributed by atoms with Gasteiger partial charge in [-0.3, -0.25) is 4.79 Å². The summed E-state index contributed by atoms with van der Waals surface area (Å²) >= 11 is 0. The molecule has 4 N–H and O–H groups in total. The van der Waals surface area contributed by atoms with Gasteiger partial charge in [-0.2, -0.15) is 0 Å². The molecule has 0 bridgehead atoms. The normalized spacial score (nSPS) is 13.9. The van der Waals surface area contributed by atoms with Crippen LogP contribution in [0.5, 0.6) is 0 Å². The molecular formula is C8H18N2O3. The van der Waals surface area contributed by atoms with E-state index in [4.69, 9.17) is 15.6 Å². The lowest BCUT2D eigenvalue weighted by Crippen LogP contribution is -2.54. The van der Waals surface area contributed by atoms with Crippen LogP contribution in [0.2, 0.25) is 0 Å². The van der Waals surface area contributed by atoms with Crippen LogP contribution in [-0.4, -0.2) is 42.9 Å². The Hall–Kier alpha value is -0.650. The number of aliphatic hydroxyl groups is 1. The molecule has 0 fully saturated rings. The average molecular weight is 190 g/mol. The van der Waals surface area contributed by atoms with Gasteiger partial charge in [0.05, 0.1) is 24.8 Å². The molecule has 0 radical (unpaired) electrons. The molecule has 0 heterocycles. The Morgan fingerprint density at radius 3 is 2.54 bits per heavy atom. The molecule has 0 aliphatic heterocycles. The molecule has 5 nitrogen and oxygen atoms in total. The Labute approximate surface area is 78.3 Å². The standard InChI is InChI=1S/C8H18N2O3/c1-8(2,9)7(12)10-6(4-11)5-13-3/h6,11H,4-5,9H2,1-3H3,(H,10,12). The molecule has 1 amide bonds. The van der Waals surface area contributed by atoms with Crippen molar-refractivity contribution in [3.05, 3.63) is 0 Å². The fourth-order valence-corrected chi connectivity index (χ4v) is 0.713. The number of nitrogens with two attached hydrogens (primary N) is 1. The van der Waals surface area contributed by atoms with E-state index in [9.17, 15) is 4.79 Å². The number of hydrogen-bond donors (Lipinski definition) is 3. The van der Waals surface area contributed by atoms with E-state index in [0.717, 1.165) is 0 Å². The summed E-state index contributed by atoms with van der Waals surface area (Å²) in [6, 6.07) is -0.389. The first-order chi connectivity index (χ1) is 5.91. The first kappa shape index (κ1) is 12.3. The van der Waals surface area contributed by atoms with Crippen LogP contribution in [0.15, 0.2) is 0 Å². The number of aliphatic hydroxyl groups excluding tert-OH is 1. The predicted molar refractivity (Wildman–Crippen MR) is 49.2 cm³/mol. The number of carbonyl (C=O) groups excluding carboxylic acids is 1. The fourth-order valence-electron chi connectivity index (χ4n) is 0.713. The quantitative estimate of drug-likeness (QED) is 0.511. The maximum Gasteiger partial charge on any atom is 0.239 e. The van der Waals surface area contributed by atoms with Crippen molar-refractivity contribution in [2.45, 2.75) is 25.4 Å². The average Bonchev–Trinajstić information content (AvgIpc) is 2.01. The Morgan fingerprint density at radius 2 is 2.23 bits per heavy atom. The van der Waals surface area contributed by atoms with Crippen LogP contribution in [0.4, 0.5) is 0 Å². The van der Waals surface area contributed by atoms with Gasteiger partial charge in [-0.15, -0.1) is 0 Å². The van der Waals surface area contributed by atoms with Gasteiger partial charge >= 0.3 is 0 Å². The number of ether oxygens (including phenoxy) is 1. The van der Waals surface area contributed by atoms with Crippen molar-refractivity contribution in [3.8, 4) is 0 Å². The van der Waals surface area contributed by atoms with E-state index in [1.165, 1.54) is 7.11 Å². The smallest absolute Gasteiger partial charge is 0.239 e. The number of methoxy groups -OCH3 is 1. The van der Waals surface area contributed by atoms with E-state index in [-0.39, 0.29) is 25.2 Å². The topological polar surface area (TPSA) is 84.6 Å². The summed E-state index contributed by atoms with van der Waals surface area (Å²) in [6.45, 7) is 3.32. The highest BCUT2D eigenvalue weighted by molar-refractivity contribution is 5.85. The van der Waals surface area contributed by atoms with E-state index in [0.29, 0.717) is 0 Å². The Bertz CT molecular complexity index is 165. The van der Waals surface area contributed by atoms with Crippen LogP contribution in [0.3, 0.4) is 0 Å². The first-order valence-corrected chi connectivity index (χ1v) is 4.11. The summed E-state index contributed by atoms with van der Waals surface area (Å²) in [6.07, 6.45) is 0. The maximum absolute atomic E-state index is 11.3. The fraction of sp³-hybridized carbons (Fsp3) is 0.875. The van der Waals surface area contributed by atoms with Gasteiger partial charge in [0.15, 0.2) is 0 Å². The maximum atomic E-state index is 11.3. The molecule has 0 saturated heterocycles. The molecule has 0 rings (SSSR count). The van der Waals surface area contributed by atoms with Crippen molar-refractivity contribution in [3.63, 3.8) is 0 Å². The van der Waals surface area contributed by atoms with Crippen LogP contribution < -0.4 is 11.1 Å². The van der Waals surface area contributed by atoms with Gasteiger partial charge in [0.2, 0.25) is 5.91 Å². The number of rotatable bonds is 5. The highest BCUT2D eigenvalue weighted by Crippen LogP contribution is 1.97. The Morgan fingerprint density at radius 1 is 1.69 bits per heavy atom. The van der Waals surface area contributed by atoms with E-state index in [1.54, 1.807) is 13.8 Å². The minimum atomic E-state index is -0.929. The van der Waals surface area contributed by atoms with Crippen molar-refractivity contribution in [2.24, 2.45) is 5.73 Å². The van der Waals surface area contributed by atoms with E-state index < -0.39 is 5.54 Å². The zero-order chi connectivity index (χ0) is 10.5. The summed E-state index contributed by atoms with van der Waals surface area (Å²) in [5.74, 6) is -0.302. The monoisotopic (exact) mass is 190 g/mol. The molecule has 0 saturated carbocycles. The van der Waals surface area contributed by atoms with Crippen molar-refractivity contribution in [1.29, 1.82) is 0 Å². The minimum absolute atomic E-state index is 0.157. The second kappa shape index (κ2) is 5.16. The SMILES string of the molecule is COCC(CO)NC(=O)C(C)(C)N. The third kappa shape index (κ3) is 4.82. The number of nitrogens with one attached hydrogen (secondary N) is 1. The molecule has 1 unspecified atom stereocenters. The summed E-state index contributed by atoms with van der Waals surface area (Å²) in [4.78, 5) is 11.3. The van der Waals surface area contributed by atoms with Crippen LogP contribution in [0, 0.1) is 0 Å². The van der Waals surface area contributed by atoms with Crippen molar-refractivity contribution in [1.82, 2.24) is 5.32 Å².